The van der Waals surface area contributed by atoms with E-state index >= 15 is 0 Å². The minimum absolute atomic E-state index is 0.139. The summed E-state index contributed by atoms with van der Waals surface area (Å²) in [7, 11) is -4.07. The summed E-state index contributed by atoms with van der Waals surface area (Å²) >= 11 is 5.22. The standard InChI is InChI=1S/C3H8ClNO3S/c1-3(2-4)5-9(6,7)8/h3,5H,2H2,1H3,(H,6,7,8). The predicted octanol–water partition coefficient (Wildman–Crippen LogP) is 0.00610. The van der Waals surface area contributed by atoms with Crippen molar-refractivity contribution in [3.8, 4) is 0 Å². The molecule has 0 heterocycles. The number of hydrogen-bond donors (Lipinski definition) is 2. The molecule has 1 unspecified atom stereocenters. The van der Waals surface area contributed by atoms with Crippen LogP contribution in [0.25, 0.3) is 0 Å². The third-order valence-corrected chi connectivity index (χ3v) is 1.74. The van der Waals surface area contributed by atoms with Gasteiger partial charge in [0.25, 0.3) is 0 Å². The maximum Gasteiger partial charge on any atom is 0.333 e. The van der Waals surface area contributed by atoms with E-state index in [0.29, 0.717) is 0 Å². The highest BCUT2D eigenvalue weighted by Gasteiger charge is 2.07. The Morgan fingerprint density at radius 1 is 1.78 bits per heavy atom. The highest BCUT2D eigenvalue weighted by Crippen LogP contribution is 1.87. The van der Waals surface area contributed by atoms with Gasteiger partial charge in [-0.2, -0.15) is 13.1 Å². The first kappa shape index (κ1) is 9.16. The second kappa shape index (κ2) is 3.36. The normalized spacial score (nSPS) is 15.4. The molecule has 0 saturated carbocycles. The third-order valence-electron chi connectivity index (χ3n) is 0.582. The zero-order valence-corrected chi connectivity index (χ0v) is 6.41. The summed E-state index contributed by atoms with van der Waals surface area (Å²) in [5, 5.41) is 0. The Morgan fingerprint density at radius 2 is 2.22 bits per heavy atom. The molecule has 0 amide bonds. The lowest BCUT2D eigenvalue weighted by atomic mass is 10.4. The van der Waals surface area contributed by atoms with E-state index in [9.17, 15) is 8.42 Å². The molecular formula is C3H8ClNO3S. The minimum Gasteiger partial charge on any atom is -0.273 e. The molecule has 0 aromatic heterocycles. The van der Waals surface area contributed by atoms with Gasteiger partial charge in [0.15, 0.2) is 0 Å². The number of alkyl halides is 1. The monoisotopic (exact) mass is 173 g/mol. The van der Waals surface area contributed by atoms with Crippen molar-refractivity contribution in [3.63, 3.8) is 0 Å². The van der Waals surface area contributed by atoms with E-state index in [0.717, 1.165) is 0 Å². The second-order valence-corrected chi connectivity index (χ2v) is 3.14. The van der Waals surface area contributed by atoms with Gasteiger partial charge >= 0.3 is 10.3 Å². The second-order valence-electron chi connectivity index (χ2n) is 1.65. The van der Waals surface area contributed by atoms with Crippen molar-refractivity contribution < 1.29 is 13.0 Å². The van der Waals surface area contributed by atoms with Gasteiger partial charge in [-0.3, -0.25) is 4.55 Å². The molecule has 0 aromatic carbocycles. The van der Waals surface area contributed by atoms with Crippen molar-refractivity contribution in [3.05, 3.63) is 0 Å². The zero-order chi connectivity index (χ0) is 7.49. The molecule has 1 atom stereocenters. The quantitative estimate of drug-likeness (QED) is 0.467. The molecule has 0 radical (unpaired) electrons. The van der Waals surface area contributed by atoms with Crippen LogP contribution in [0.1, 0.15) is 6.92 Å². The molecule has 0 bridgehead atoms. The van der Waals surface area contributed by atoms with Gasteiger partial charge in [-0.15, -0.1) is 11.6 Å². The molecule has 0 aliphatic rings. The number of halogens is 1. The van der Waals surface area contributed by atoms with E-state index in [2.05, 4.69) is 0 Å². The van der Waals surface area contributed by atoms with Crippen LogP contribution in [0.2, 0.25) is 0 Å². The first-order valence-corrected chi connectivity index (χ1v) is 4.24. The van der Waals surface area contributed by atoms with Gasteiger partial charge in [0.05, 0.1) is 0 Å². The molecule has 0 aliphatic heterocycles. The van der Waals surface area contributed by atoms with Gasteiger partial charge in [-0.1, -0.05) is 0 Å². The van der Waals surface area contributed by atoms with Crippen LogP contribution in [0.5, 0.6) is 0 Å². The molecule has 9 heavy (non-hydrogen) atoms. The molecule has 0 saturated heterocycles. The van der Waals surface area contributed by atoms with Crippen LogP contribution < -0.4 is 4.72 Å². The van der Waals surface area contributed by atoms with E-state index < -0.39 is 16.3 Å². The van der Waals surface area contributed by atoms with E-state index in [4.69, 9.17) is 16.2 Å². The fourth-order valence-electron chi connectivity index (χ4n) is 0.286. The van der Waals surface area contributed by atoms with Crippen molar-refractivity contribution >= 4 is 21.9 Å². The fraction of sp³-hybridized carbons (Fsp3) is 1.00. The lowest BCUT2D eigenvalue weighted by Crippen LogP contribution is -2.32. The Hall–Kier alpha value is 0.160. The van der Waals surface area contributed by atoms with Crippen LogP contribution in [0.15, 0.2) is 0 Å². The summed E-state index contributed by atoms with van der Waals surface area (Å²) in [6.45, 7) is 1.54. The lowest BCUT2D eigenvalue weighted by Gasteiger charge is -2.04. The molecule has 0 fully saturated rings. The predicted molar refractivity (Wildman–Crippen MR) is 34.9 cm³/mol. The topological polar surface area (TPSA) is 66.4 Å². The van der Waals surface area contributed by atoms with Gasteiger partial charge in [0, 0.05) is 11.9 Å². The largest absolute Gasteiger partial charge is 0.333 e. The number of rotatable bonds is 3. The van der Waals surface area contributed by atoms with Crippen molar-refractivity contribution in [2.75, 3.05) is 5.88 Å². The average molecular weight is 174 g/mol. The van der Waals surface area contributed by atoms with Gasteiger partial charge in [-0.25, -0.2) is 0 Å². The Labute approximate surface area is 59.1 Å². The van der Waals surface area contributed by atoms with Crippen molar-refractivity contribution in [1.82, 2.24) is 4.72 Å². The van der Waals surface area contributed by atoms with Crippen molar-refractivity contribution in [2.45, 2.75) is 13.0 Å². The number of hydrogen-bond acceptors (Lipinski definition) is 2. The van der Waals surface area contributed by atoms with Crippen molar-refractivity contribution in [2.24, 2.45) is 0 Å². The van der Waals surface area contributed by atoms with E-state index in [1.165, 1.54) is 0 Å². The summed E-state index contributed by atoms with van der Waals surface area (Å²) in [5.74, 6) is 0.139. The SMILES string of the molecule is CC(CCl)NS(=O)(=O)O. The molecule has 0 spiro atoms. The molecule has 2 N–H and O–H groups in total. The zero-order valence-electron chi connectivity index (χ0n) is 4.83. The van der Waals surface area contributed by atoms with Crippen LogP contribution in [0, 0.1) is 0 Å². The van der Waals surface area contributed by atoms with Crippen molar-refractivity contribution in [1.29, 1.82) is 0 Å². The van der Waals surface area contributed by atoms with Crippen LogP contribution in [0.3, 0.4) is 0 Å². The van der Waals surface area contributed by atoms with Crippen LogP contribution in [0.4, 0.5) is 0 Å². The molecule has 4 nitrogen and oxygen atoms in total. The maximum absolute atomic E-state index is 9.99. The van der Waals surface area contributed by atoms with E-state index in [1.807, 2.05) is 4.72 Å². The summed E-state index contributed by atoms with van der Waals surface area (Å²) in [6, 6.07) is -0.429. The Kier molecular flexibility index (Phi) is 3.42. The molecule has 0 aliphatic carbocycles. The van der Waals surface area contributed by atoms with Gasteiger partial charge in [0.1, 0.15) is 0 Å². The van der Waals surface area contributed by atoms with E-state index in [1.54, 1.807) is 6.92 Å². The van der Waals surface area contributed by atoms with Gasteiger partial charge in [-0.05, 0) is 6.92 Å². The van der Waals surface area contributed by atoms with Gasteiger partial charge < -0.3 is 0 Å². The van der Waals surface area contributed by atoms with Gasteiger partial charge in [0.2, 0.25) is 0 Å². The molecule has 6 heteroatoms. The lowest BCUT2D eigenvalue weighted by molar-refractivity contribution is 0.460. The van der Waals surface area contributed by atoms with Crippen LogP contribution in [-0.2, 0) is 10.3 Å². The third kappa shape index (κ3) is 6.04. The maximum atomic E-state index is 9.99. The fourth-order valence-corrected chi connectivity index (χ4v) is 1.05. The van der Waals surface area contributed by atoms with E-state index in [-0.39, 0.29) is 5.88 Å². The minimum atomic E-state index is -4.07. The molecule has 0 rings (SSSR count). The smallest absolute Gasteiger partial charge is 0.273 e. The summed E-state index contributed by atoms with van der Waals surface area (Å²) in [5.41, 5.74) is 0. The highest BCUT2D eigenvalue weighted by atomic mass is 35.5. The molecule has 0 aromatic rings. The van der Waals surface area contributed by atoms with Crippen LogP contribution in [-0.4, -0.2) is 24.9 Å². The summed E-state index contributed by atoms with van der Waals surface area (Å²) in [6.07, 6.45) is 0. The molecular weight excluding hydrogens is 166 g/mol. The molecule has 56 valence electrons. The highest BCUT2D eigenvalue weighted by molar-refractivity contribution is 7.83. The first-order chi connectivity index (χ1) is 3.95. The number of nitrogens with one attached hydrogen (secondary N) is 1. The average Bonchev–Trinajstić information content (AvgIpc) is 1.62. The summed E-state index contributed by atoms with van der Waals surface area (Å²) < 4.78 is 30.0. The first-order valence-electron chi connectivity index (χ1n) is 2.26. The Balaban J connectivity index is 3.75. The summed E-state index contributed by atoms with van der Waals surface area (Å²) in [4.78, 5) is 0. The van der Waals surface area contributed by atoms with Crippen LogP contribution >= 0.6 is 11.6 Å². The Bertz CT molecular complexity index is 166. The Morgan fingerprint density at radius 3 is 2.33 bits per heavy atom.